The van der Waals surface area contributed by atoms with Gasteiger partial charge in [-0.2, -0.15) is 17.0 Å². The average molecular weight is 324 g/mol. The van der Waals surface area contributed by atoms with Crippen LogP contribution < -0.4 is 0 Å². The fourth-order valence-electron chi connectivity index (χ4n) is 3.37. The fraction of sp³-hybridized carbons (Fsp3) is 0.625. The van der Waals surface area contributed by atoms with Crippen molar-refractivity contribution in [1.29, 1.82) is 0 Å². The Kier molecular flexibility index (Phi) is 4.54. The van der Waals surface area contributed by atoms with Gasteiger partial charge in [-0.3, -0.25) is 0 Å². The Hall–Kier alpha value is -0.950. The molecule has 1 aromatic rings. The van der Waals surface area contributed by atoms with Crippen LogP contribution in [0.2, 0.25) is 0 Å². The van der Waals surface area contributed by atoms with Gasteiger partial charge >= 0.3 is 0 Å². The minimum Gasteiger partial charge on any atom is -0.381 e. The van der Waals surface area contributed by atoms with Crippen LogP contribution >= 0.6 is 0 Å². The van der Waals surface area contributed by atoms with Crippen LogP contribution in [0.1, 0.15) is 25.3 Å². The van der Waals surface area contributed by atoms with Crippen LogP contribution in [-0.2, 0) is 21.5 Å². The summed E-state index contributed by atoms with van der Waals surface area (Å²) in [5, 5.41) is 0. The zero-order chi connectivity index (χ0) is 15.6. The molecule has 0 bridgehead atoms. The summed E-state index contributed by atoms with van der Waals surface area (Å²) in [4.78, 5) is 0. The highest BCUT2D eigenvalue weighted by molar-refractivity contribution is 7.86. The van der Waals surface area contributed by atoms with Crippen LogP contribution in [0.3, 0.4) is 0 Å². The largest absolute Gasteiger partial charge is 0.381 e. The molecular formula is C16H24N2O3S. The molecule has 0 amide bonds. The third kappa shape index (κ3) is 3.06. The van der Waals surface area contributed by atoms with Gasteiger partial charge in [0.25, 0.3) is 10.2 Å². The van der Waals surface area contributed by atoms with Gasteiger partial charge in [0.15, 0.2) is 0 Å². The Labute approximate surface area is 133 Å². The van der Waals surface area contributed by atoms with Crippen LogP contribution in [0.4, 0.5) is 0 Å². The second-order valence-corrected chi connectivity index (χ2v) is 8.23. The van der Waals surface area contributed by atoms with E-state index in [1.807, 2.05) is 37.3 Å². The highest BCUT2D eigenvalue weighted by Gasteiger charge is 2.46. The molecule has 0 aromatic heterocycles. The molecule has 122 valence electrons. The van der Waals surface area contributed by atoms with E-state index in [2.05, 4.69) is 0 Å². The zero-order valence-corrected chi connectivity index (χ0v) is 13.9. The van der Waals surface area contributed by atoms with Crippen molar-refractivity contribution in [3.8, 4) is 0 Å². The Morgan fingerprint density at radius 2 is 2.05 bits per heavy atom. The number of rotatable bonds is 5. The molecule has 0 radical (unpaired) electrons. The second-order valence-electron chi connectivity index (χ2n) is 6.31. The van der Waals surface area contributed by atoms with E-state index in [-0.39, 0.29) is 5.41 Å². The van der Waals surface area contributed by atoms with Crippen molar-refractivity contribution in [2.75, 3.05) is 32.8 Å². The van der Waals surface area contributed by atoms with Gasteiger partial charge in [0.05, 0.1) is 6.61 Å². The van der Waals surface area contributed by atoms with E-state index in [0.29, 0.717) is 32.8 Å². The van der Waals surface area contributed by atoms with Crippen LogP contribution in [-0.4, -0.2) is 49.9 Å². The van der Waals surface area contributed by atoms with Crippen LogP contribution in [0.5, 0.6) is 0 Å². The molecule has 1 aromatic carbocycles. The molecule has 3 rings (SSSR count). The number of hydrogen-bond acceptors (Lipinski definition) is 3. The maximum Gasteiger partial charge on any atom is 0.282 e. The van der Waals surface area contributed by atoms with Gasteiger partial charge in [-0.25, -0.2) is 0 Å². The van der Waals surface area contributed by atoms with Crippen molar-refractivity contribution in [3.05, 3.63) is 35.9 Å². The van der Waals surface area contributed by atoms with Gasteiger partial charge in [-0.1, -0.05) is 37.3 Å². The summed E-state index contributed by atoms with van der Waals surface area (Å²) in [7, 11) is -3.40. The first-order valence-electron chi connectivity index (χ1n) is 7.93. The van der Waals surface area contributed by atoms with Gasteiger partial charge in [0.2, 0.25) is 0 Å². The monoisotopic (exact) mass is 324 g/mol. The Bertz CT molecular complexity index is 597. The summed E-state index contributed by atoms with van der Waals surface area (Å²) in [6, 6.07) is 9.76. The van der Waals surface area contributed by atoms with Crippen LogP contribution in [0.15, 0.2) is 30.3 Å². The molecular weight excluding hydrogens is 300 g/mol. The van der Waals surface area contributed by atoms with Crippen LogP contribution in [0.25, 0.3) is 0 Å². The average Bonchev–Trinajstić information content (AvgIpc) is 3.16. The Morgan fingerprint density at radius 1 is 1.27 bits per heavy atom. The molecule has 2 aliphatic rings. The number of ether oxygens (including phenoxy) is 1. The van der Waals surface area contributed by atoms with Gasteiger partial charge in [0, 0.05) is 38.2 Å². The summed E-state index contributed by atoms with van der Waals surface area (Å²) in [5.41, 5.74) is 1.07. The van der Waals surface area contributed by atoms with E-state index in [9.17, 15) is 8.42 Å². The van der Waals surface area contributed by atoms with E-state index < -0.39 is 10.2 Å². The number of benzene rings is 1. The third-order valence-corrected chi connectivity index (χ3v) is 6.80. The lowest BCUT2D eigenvalue weighted by atomic mass is 9.87. The normalized spacial score (nSPS) is 26.3. The van der Waals surface area contributed by atoms with E-state index in [4.69, 9.17) is 4.74 Å². The van der Waals surface area contributed by atoms with Crippen molar-refractivity contribution in [2.24, 2.45) is 5.41 Å². The third-order valence-electron chi connectivity index (χ3n) is 4.80. The molecule has 1 spiro atoms. The summed E-state index contributed by atoms with van der Waals surface area (Å²) >= 11 is 0. The van der Waals surface area contributed by atoms with Crippen molar-refractivity contribution in [2.45, 2.75) is 26.3 Å². The summed E-state index contributed by atoms with van der Waals surface area (Å²) < 4.78 is 34.5. The van der Waals surface area contributed by atoms with E-state index in [1.165, 1.54) is 0 Å². The van der Waals surface area contributed by atoms with Gasteiger partial charge in [-0.15, -0.1) is 0 Å². The predicted molar refractivity (Wildman–Crippen MR) is 85.5 cm³/mol. The van der Waals surface area contributed by atoms with Crippen molar-refractivity contribution in [3.63, 3.8) is 0 Å². The molecule has 2 aliphatic heterocycles. The van der Waals surface area contributed by atoms with E-state index >= 15 is 0 Å². The molecule has 1 atom stereocenters. The maximum absolute atomic E-state index is 12.9. The topological polar surface area (TPSA) is 49.9 Å². The number of hydrogen-bond donors (Lipinski definition) is 0. The Morgan fingerprint density at radius 3 is 2.68 bits per heavy atom. The zero-order valence-electron chi connectivity index (χ0n) is 13.1. The summed E-state index contributed by atoms with van der Waals surface area (Å²) in [6.07, 6.45) is 1.89. The molecule has 0 aliphatic carbocycles. The SMILES string of the molecule is CCN(Cc1ccccc1)S(=O)(=O)N1CCC2(CCOC2)C1. The lowest BCUT2D eigenvalue weighted by molar-refractivity contribution is 0.157. The standard InChI is InChI=1S/C16H24N2O3S/c1-2-17(12-15-6-4-3-5-7-15)22(19,20)18-10-8-16(13-18)9-11-21-14-16/h3-7H,2,8-14H2,1H3. The quantitative estimate of drug-likeness (QED) is 0.831. The highest BCUT2D eigenvalue weighted by atomic mass is 32.2. The lowest BCUT2D eigenvalue weighted by Crippen LogP contribution is -2.43. The smallest absolute Gasteiger partial charge is 0.282 e. The molecule has 2 heterocycles. The second kappa shape index (κ2) is 6.28. The summed E-state index contributed by atoms with van der Waals surface area (Å²) in [5.74, 6) is 0. The highest BCUT2D eigenvalue weighted by Crippen LogP contribution is 2.39. The van der Waals surface area contributed by atoms with Crippen molar-refractivity contribution in [1.82, 2.24) is 8.61 Å². The van der Waals surface area contributed by atoms with Crippen molar-refractivity contribution >= 4 is 10.2 Å². The van der Waals surface area contributed by atoms with Crippen molar-refractivity contribution < 1.29 is 13.2 Å². The lowest BCUT2D eigenvalue weighted by Gasteiger charge is -2.28. The predicted octanol–water partition coefficient (Wildman–Crippen LogP) is 1.87. The molecule has 22 heavy (non-hydrogen) atoms. The summed E-state index contributed by atoms with van der Waals surface area (Å²) in [6.45, 7) is 5.47. The minimum atomic E-state index is -3.40. The van der Waals surface area contributed by atoms with Crippen LogP contribution in [0, 0.1) is 5.41 Å². The maximum atomic E-state index is 12.9. The minimum absolute atomic E-state index is 0.0548. The molecule has 2 saturated heterocycles. The molecule has 2 fully saturated rings. The molecule has 6 heteroatoms. The molecule has 0 saturated carbocycles. The van der Waals surface area contributed by atoms with E-state index in [1.54, 1.807) is 8.61 Å². The Balaban J connectivity index is 1.73. The first kappa shape index (κ1) is 15.9. The van der Waals surface area contributed by atoms with Gasteiger partial charge < -0.3 is 4.74 Å². The van der Waals surface area contributed by atoms with Gasteiger partial charge in [-0.05, 0) is 18.4 Å². The number of nitrogens with zero attached hydrogens (tertiary/aromatic N) is 2. The van der Waals surface area contributed by atoms with E-state index in [0.717, 1.165) is 25.0 Å². The first-order valence-corrected chi connectivity index (χ1v) is 9.32. The first-order chi connectivity index (χ1) is 10.6. The molecule has 0 N–H and O–H groups in total. The molecule has 1 unspecified atom stereocenters. The van der Waals surface area contributed by atoms with Gasteiger partial charge in [0.1, 0.15) is 0 Å². The fourth-order valence-corrected chi connectivity index (χ4v) is 5.09. The molecule has 5 nitrogen and oxygen atoms in total.